The molecule has 1 aliphatic heterocycles. The number of nitrogens with zero attached hydrogens (tertiary/aromatic N) is 2. The predicted octanol–water partition coefficient (Wildman–Crippen LogP) is 2.59. The highest BCUT2D eigenvalue weighted by Gasteiger charge is 2.24. The van der Waals surface area contributed by atoms with Gasteiger partial charge in [-0.15, -0.1) is 0 Å². The van der Waals surface area contributed by atoms with E-state index in [1.807, 2.05) is 0 Å². The van der Waals surface area contributed by atoms with Gasteiger partial charge in [-0.3, -0.25) is 9.80 Å². The van der Waals surface area contributed by atoms with Gasteiger partial charge in [0.05, 0.1) is 0 Å². The molecular weight excluding hydrogens is 258 g/mol. The van der Waals surface area contributed by atoms with E-state index < -0.39 is 0 Å². The zero-order valence-corrected chi connectivity index (χ0v) is 14.3. The second kappa shape index (κ2) is 7.39. The molecule has 1 aromatic rings. The minimum atomic E-state index is 0.420. The fourth-order valence-electron chi connectivity index (χ4n) is 3.54. The molecule has 0 bridgehead atoms. The third-order valence-corrected chi connectivity index (χ3v) is 4.69. The summed E-state index contributed by atoms with van der Waals surface area (Å²) >= 11 is 0. The molecule has 0 spiro atoms. The van der Waals surface area contributed by atoms with Crippen LogP contribution in [0.4, 0.5) is 0 Å². The van der Waals surface area contributed by atoms with Crippen LogP contribution in [0.15, 0.2) is 18.2 Å². The van der Waals surface area contributed by atoms with Crippen LogP contribution in [0.1, 0.15) is 36.6 Å². The van der Waals surface area contributed by atoms with Gasteiger partial charge in [0.1, 0.15) is 0 Å². The summed E-state index contributed by atoms with van der Waals surface area (Å²) in [4.78, 5) is 5.18. The standard InChI is InChI=1S/C18H31N3/c1-6-21-8-7-20(12-16(21)4)13-18(19-5)17-10-14(2)9-15(3)11-17/h9-11,16,18-19H,6-8,12-13H2,1-5H3. The predicted molar refractivity (Wildman–Crippen MR) is 90.9 cm³/mol. The lowest BCUT2D eigenvalue weighted by Crippen LogP contribution is -2.53. The van der Waals surface area contributed by atoms with E-state index in [0.29, 0.717) is 12.1 Å². The van der Waals surface area contributed by atoms with E-state index in [9.17, 15) is 0 Å². The van der Waals surface area contributed by atoms with Crippen LogP contribution in [0, 0.1) is 13.8 Å². The summed E-state index contributed by atoms with van der Waals surface area (Å²) in [6.07, 6.45) is 0. The lowest BCUT2D eigenvalue weighted by atomic mass is 10.0. The highest BCUT2D eigenvalue weighted by Crippen LogP contribution is 2.19. The highest BCUT2D eigenvalue weighted by atomic mass is 15.3. The average molecular weight is 289 g/mol. The number of nitrogens with one attached hydrogen (secondary N) is 1. The summed E-state index contributed by atoms with van der Waals surface area (Å²) in [5, 5.41) is 3.50. The van der Waals surface area contributed by atoms with Crippen molar-refractivity contribution in [1.82, 2.24) is 15.1 Å². The molecule has 3 heteroatoms. The average Bonchev–Trinajstić information content (AvgIpc) is 2.43. The van der Waals surface area contributed by atoms with E-state index in [2.05, 4.69) is 68.1 Å². The van der Waals surface area contributed by atoms with Crippen molar-refractivity contribution in [2.45, 2.75) is 39.8 Å². The topological polar surface area (TPSA) is 18.5 Å². The fourth-order valence-corrected chi connectivity index (χ4v) is 3.54. The monoisotopic (exact) mass is 289 g/mol. The van der Waals surface area contributed by atoms with Crippen LogP contribution in [0.25, 0.3) is 0 Å². The van der Waals surface area contributed by atoms with Crippen molar-refractivity contribution in [3.05, 3.63) is 34.9 Å². The van der Waals surface area contributed by atoms with E-state index in [-0.39, 0.29) is 0 Å². The first-order chi connectivity index (χ1) is 10.0. The number of aryl methyl sites for hydroxylation is 2. The maximum Gasteiger partial charge on any atom is 0.0447 e. The van der Waals surface area contributed by atoms with Gasteiger partial charge in [0.15, 0.2) is 0 Å². The van der Waals surface area contributed by atoms with Crippen LogP contribution < -0.4 is 5.32 Å². The molecule has 2 rings (SSSR count). The summed E-state index contributed by atoms with van der Waals surface area (Å²) in [6.45, 7) is 14.8. The Morgan fingerprint density at radius 2 is 1.86 bits per heavy atom. The second-order valence-corrected chi connectivity index (χ2v) is 6.50. The number of hydrogen-bond donors (Lipinski definition) is 1. The molecule has 1 aliphatic rings. The second-order valence-electron chi connectivity index (χ2n) is 6.50. The van der Waals surface area contributed by atoms with Gasteiger partial charge in [-0.1, -0.05) is 36.2 Å². The Balaban J connectivity index is 2.02. The summed E-state index contributed by atoms with van der Waals surface area (Å²) < 4.78 is 0. The van der Waals surface area contributed by atoms with Crippen LogP contribution in [-0.4, -0.2) is 55.6 Å². The Bertz CT molecular complexity index is 438. The zero-order valence-electron chi connectivity index (χ0n) is 14.3. The SMILES string of the molecule is CCN1CCN(CC(NC)c2cc(C)cc(C)c2)CC1C. The minimum Gasteiger partial charge on any atom is -0.312 e. The molecule has 21 heavy (non-hydrogen) atoms. The molecule has 0 saturated carbocycles. The van der Waals surface area contributed by atoms with E-state index in [1.54, 1.807) is 0 Å². The molecule has 1 heterocycles. The van der Waals surface area contributed by atoms with Crippen molar-refractivity contribution in [2.24, 2.45) is 0 Å². The molecule has 0 radical (unpaired) electrons. The number of hydrogen-bond acceptors (Lipinski definition) is 3. The van der Waals surface area contributed by atoms with E-state index >= 15 is 0 Å². The van der Waals surface area contributed by atoms with Gasteiger partial charge in [-0.2, -0.15) is 0 Å². The number of benzene rings is 1. The molecule has 0 aliphatic carbocycles. The van der Waals surface area contributed by atoms with E-state index in [4.69, 9.17) is 0 Å². The van der Waals surface area contributed by atoms with Gasteiger partial charge in [0.25, 0.3) is 0 Å². The van der Waals surface area contributed by atoms with Gasteiger partial charge in [-0.25, -0.2) is 0 Å². The van der Waals surface area contributed by atoms with Crippen molar-refractivity contribution >= 4 is 0 Å². The molecule has 1 N–H and O–H groups in total. The smallest absolute Gasteiger partial charge is 0.0447 e. The summed E-state index contributed by atoms with van der Waals surface area (Å²) in [7, 11) is 2.08. The number of likely N-dealkylation sites (N-methyl/N-ethyl adjacent to an activating group) is 2. The van der Waals surface area contributed by atoms with Crippen molar-refractivity contribution in [1.29, 1.82) is 0 Å². The molecule has 2 atom stereocenters. The molecule has 118 valence electrons. The Morgan fingerprint density at radius 3 is 2.38 bits per heavy atom. The first kappa shape index (κ1) is 16.5. The summed E-state index contributed by atoms with van der Waals surface area (Å²) in [5.74, 6) is 0. The molecule has 2 unspecified atom stereocenters. The van der Waals surface area contributed by atoms with Crippen molar-refractivity contribution < 1.29 is 0 Å². The Labute approximate surface area is 130 Å². The normalized spacial score (nSPS) is 22.4. The zero-order chi connectivity index (χ0) is 15.4. The Hall–Kier alpha value is -0.900. The summed E-state index contributed by atoms with van der Waals surface area (Å²) in [5.41, 5.74) is 4.13. The maximum absolute atomic E-state index is 3.50. The van der Waals surface area contributed by atoms with E-state index in [1.165, 1.54) is 42.9 Å². The van der Waals surface area contributed by atoms with Crippen molar-refractivity contribution in [3.8, 4) is 0 Å². The molecule has 1 aromatic carbocycles. The van der Waals surface area contributed by atoms with Crippen LogP contribution in [-0.2, 0) is 0 Å². The highest BCUT2D eigenvalue weighted by molar-refractivity contribution is 5.30. The largest absolute Gasteiger partial charge is 0.312 e. The number of piperazine rings is 1. The van der Waals surface area contributed by atoms with Crippen LogP contribution in [0.2, 0.25) is 0 Å². The molecule has 0 aromatic heterocycles. The lowest BCUT2D eigenvalue weighted by molar-refractivity contribution is 0.0818. The number of rotatable bonds is 5. The molecule has 1 saturated heterocycles. The van der Waals surface area contributed by atoms with Crippen molar-refractivity contribution in [2.75, 3.05) is 39.8 Å². The third-order valence-electron chi connectivity index (χ3n) is 4.69. The molecule has 0 amide bonds. The van der Waals surface area contributed by atoms with Gasteiger partial charge >= 0.3 is 0 Å². The minimum absolute atomic E-state index is 0.420. The van der Waals surface area contributed by atoms with Crippen molar-refractivity contribution in [3.63, 3.8) is 0 Å². The molecule has 1 fully saturated rings. The Morgan fingerprint density at radius 1 is 1.19 bits per heavy atom. The summed E-state index contributed by atoms with van der Waals surface area (Å²) in [6, 6.07) is 7.97. The first-order valence-electron chi connectivity index (χ1n) is 8.25. The molecular formula is C18H31N3. The third kappa shape index (κ3) is 4.29. The maximum atomic E-state index is 3.50. The quantitative estimate of drug-likeness (QED) is 0.899. The van der Waals surface area contributed by atoms with Crippen LogP contribution >= 0.6 is 0 Å². The van der Waals surface area contributed by atoms with E-state index in [0.717, 1.165) is 6.54 Å². The van der Waals surface area contributed by atoms with Gasteiger partial charge in [-0.05, 0) is 39.9 Å². The fraction of sp³-hybridized carbons (Fsp3) is 0.667. The molecule has 3 nitrogen and oxygen atoms in total. The Kier molecular flexibility index (Phi) is 5.80. The van der Waals surface area contributed by atoms with Gasteiger partial charge < -0.3 is 5.32 Å². The van der Waals surface area contributed by atoms with Crippen LogP contribution in [0.5, 0.6) is 0 Å². The lowest BCUT2D eigenvalue weighted by Gasteiger charge is -2.40. The first-order valence-corrected chi connectivity index (χ1v) is 8.25. The van der Waals surface area contributed by atoms with Gasteiger partial charge in [0, 0.05) is 38.3 Å². The van der Waals surface area contributed by atoms with Crippen LogP contribution in [0.3, 0.4) is 0 Å². The van der Waals surface area contributed by atoms with Gasteiger partial charge in [0.2, 0.25) is 0 Å².